The van der Waals surface area contributed by atoms with E-state index in [0.29, 0.717) is 0 Å². The van der Waals surface area contributed by atoms with Gasteiger partial charge in [-0.05, 0) is 44.5 Å². The molecule has 0 radical (unpaired) electrons. The van der Waals surface area contributed by atoms with Gasteiger partial charge < -0.3 is 10.1 Å². The molecule has 1 aromatic heterocycles. The molecular weight excluding hydrogens is 200 g/mol. The SMILES string of the molecule is CNC(C1=COCCC1)c1cccc(C)n1. The van der Waals surface area contributed by atoms with Gasteiger partial charge in [-0.25, -0.2) is 0 Å². The monoisotopic (exact) mass is 218 g/mol. The molecule has 16 heavy (non-hydrogen) atoms. The maximum Gasteiger partial charge on any atom is 0.0876 e. The van der Waals surface area contributed by atoms with Gasteiger partial charge in [0.25, 0.3) is 0 Å². The summed E-state index contributed by atoms with van der Waals surface area (Å²) in [5, 5.41) is 3.30. The third-order valence-corrected chi connectivity index (χ3v) is 2.83. The lowest BCUT2D eigenvalue weighted by atomic mass is 9.99. The lowest BCUT2D eigenvalue weighted by Gasteiger charge is -2.22. The van der Waals surface area contributed by atoms with Crippen molar-refractivity contribution in [2.45, 2.75) is 25.8 Å². The normalized spacial score (nSPS) is 17.5. The highest BCUT2D eigenvalue weighted by Gasteiger charge is 2.18. The number of ether oxygens (including phenoxy) is 1. The molecule has 1 aromatic rings. The average Bonchev–Trinajstić information content (AvgIpc) is 2.31. The third kappa shape index (κ3) is 2.42. The molecule has 0 saturated carbocycles. The summed E-state index contributed by atoms with van der Waals surface area (Å²) in [5.74, 6) is 0. The van der Waals surface area contributed by atoms with Crippen molar-refractivity contribution in [3.8, 4) is 0 Å². The van der Waals surface area contributed by atoms with E-state index in [1.807, 2.05) is 32.4 Å². The fourth-order valence-corrected chi connectivity index (χ4v) is 2.05. The Bertz CT molecular complexity index is 387. The largest absolute Gasteiger partial charge is 0.501 e. The van der Waals surface area contributed by atoms with Crippen molar-refractivity contribution in [2.24, 2.45) is 0 Å². The molecule has 86 valence electrons. The van der Waals surface area contributed by atoms with Gasteiger partial charge in [-0.2, -0.15) is 0 Å². The number of likely N-dealkylation sites (N-methyl/N-ethyl adjacent to an activating group) is 1. The number of hydrogen-bond acceptors (Lipinski definition) is 3. The Kier molecular flexibility index (Phi) is 3.57. The first-order valence-corrected chi connectivity index (χ1v) is 5.72. The summed E-state index contributed by atoms with van der Waals surface area (Å²) >= 11 is 0. The second kappa shape index (κ2) is 5.12. The van der Waals surface area contributed by atoms with Crippen molar-refractivity contribution < 1.29 is 4.74 Å². The van der Waals surface area contributed by atoms with Crippen molar-refractivity contribution in [2.75, 3.05) is 13.7 Å². The van der Waals surface area contributed by atoms with Crippen molar-refractivity contribution >= 4 is 0 Å². The fraction of sp³-hybridized carbons (Fsp3) is 0.462. The van der Waals surface area contributed by atoms with E-state index in [2.05, 4.69) is 16.4 Å². The van der Waals surface area contributed by atoms with Crippen LogP contribution in [0, 0.1) is 6.92 Å². The smallest absolute Gasteiger partial charge is 0.0876 e. The first-order chi connectivity index (χ1) is 7.81. The number of nitrogens with one attached hydrogen (secondary N) is 1. The molecule has 1 atom stereocenters. The second-order valence-corrected chi connectivity index (χ2v) is 4.09. The Labute approximate surface area is 96.5 Å². The standard InChI is InChI=1S/C13H18N2O/c1-10-5-3-7-12(15-10)13(14-2)11-6-4-8-16-9-11/h3,5,7,9,13-14H,4,6,8H2,1-2H3. The van der Waals surface area contributed by atoms with Crippen LogP contribution in [0.5, 0.6) is 0 Å². The number of aryl methyl sites for hydroxylation is 1. The van der Waals surface area contributed by atoms with E-state index in [-0.39, 0.29) is 6.04 Å². The zero-order valence-electron chi connectivity index (χ0n) is 9.86. The summed E-state index contributed by atoms with van der Waals surface area (Å²) in [6, 6.07) is 6.30. The van der Waals surface area contributed by atoms with Gasteiger partial charge in [0.2, 0.25) is 0 Å². The molecular formula is C13H18N2O. The van der Waals surface area contributed by atoms with Crippen molar-refractivity contribution in [1.29, 1.82) is 0 Å². The maximum atomic E-state index is 5.39. The molecule has 3 heteroatoms. The molecule has 0 amide bonds. The van der Waals surface area contributed by atoms with E-state index in [1.54, 1.807) is 0 Å². The first kappa shape index (κ1) is 11.1. The zero-order valence-corrected chi connectivity index (χ0v) is 9.86. The fourth-order valence-electron chi connectivity index (χ4n) is 2.05. The Morgan fingerprint density at radius 1 is 1.44 bits per heavy atom. The van der Waals surface area contributed by atoms with Gasteiger partial charge >= 0.3 is 0 Å². The van der Waals surface area contributed by atoms with E-state index in [4.69, 9.17) is 4.74 Å². The van der Waals surface area contributed by atoms with Crippen molar-refractivity contribution in [3.05, 3.63) is 41.4 Å². The second-order valence-electron chi connectivity index (χ2n) is 4.09. The Hall–Kier alpha value is -1.35. The highest BCUT2D eigenvalue weighted by Crippen LogP contribution is 2.26. The molecule has 0 spiro atoms. The summed E-state index contributed by atoms with van der Waals surface area (Å²) in [6.07, 6.45) is 4.06. The topological polar surface area (TPSA) is 34.1 Å². The molecule has 2 heterocycles. The molecule has 1 aliphatic heterocycles. The molecule has 1 unspecified atom stereocenters. The van der Waals surface area contributed by atoms with Crippen LogP contribution in [0.15, 0.2) is 30.0 Å². The van der Waals surface area contributed by atoms with E-state index in [1.165, 1.54) is 5.57 Å². The summed E-state index contributed by atoms with van der Waals surface area (Å²) in [4.78, 5) is 4.56. The van der Waals surface area contributed by atoms with Crippen molar-refractivity contribution in [3.63, 3.8) is 0 Å². The highest BCUT2D eigenvalue weighted by molar-refractivity contribution is 5.23. The molecule has 0 aromatic carbocycles. The van der Waals surface area contributed by atoms with E-state index in [9.17, 15) is 0 Å². The van der Waals surface area contributed by atoms with Crippen LogP contribution >= 0.6 is 0 Å². The quantitative estimate of drug-likeness (QED) is 0.845. The van der Waals surface area contributed by atoms with E-state index < -0.39 is 0 Å². The number of hydrogen-bond donors (Lipinski definition) is 1. The van der Waals surface area contributed by atoms with Crippen molar-refractivity contribution in [1.82, 2.24) is 10.3 Å². The van der Waals surface area contributed by atoms with Crippen LogP contribution in [0.2, 0.25) is 0 Å². The van der Waals surface area contributed by atoms with Gasteiger partial charge in [-0.3, -0.25) is 4.98 Å². The predicted molar refractivity (Wildman–Crippen MR) is 64.0 cm³/mol. The Morgan fingerprint density at radius 2 is 2.31 bits per heavy atom. The molecule has 1 N–H and O–H groups in total. The van der Waals surface area contributed by atoms with Gasteiger partial charge in [0.1, 0.15) is 0 Å². The van der Waals surface area contributed by atoms with Gasteiger partial charge in [0, 0.05) is 5.69 Å². The molecule has 0 bridgehead atoms. The number of nitrogens with zero attached hydrogens (tertiary/aromatic N) is 1. The first-order valence-electron chi connectivity index (χ1n) is 5.72. The number of pyridine rings is 1. The summed E-state index contributed by atoms with van der Waals surface area (Å²) in [6.45, 7) is 2.85. The average molecular weight is 218 g/mol. The molecule has 1 aliphatic rings. The van der Waals surface area contributed by atoms with E-state index >= 15 is 0 Å². The molecule has 0 fully saturated rings. The van der Waals surface area contributed by atoms with Crippen LogP contribution in [0.4, 0.5) is 0 Å². The van der Waals surface area contributed by atoms with Crippen LogP contribution in [-0.2, 0) is 4.74 Å². The Balaban J connectivity index is 2.25. The lowest BCUT2D eigenvalue weighted by molar-refractivity contribution is 0.219. The summed E-state index contributed by atoms with van der Waals surface area (Å²) in [5.41, 5.74) is 3.40. The van der Waals surface area contributed by atoms with Gasteiger partial charge in [-0.1, -0.05) is 6.07 Å². The molecule has 0 aliphatic carbocycles. The van der Waals surface area contributed by atoms with Crippen LogP contribution in [0.3, 0.4) is 0 Å². The van der Waals surface area contributed by atoms with Crippen LogP contribution in [-0.4, -0.2) is 18.6 Å². The summed E-state index contributed by atoms with van der Waals surface area (Å²) in [7, 11) is 1.96. The van der Waals surface area contributed by atoms with Gasteiger partial charge in [-0.15, -0.1) is 0 Å². The molecule has 0 saturated heterocycles. The van der Waals surface area contributed by atoms with Crippen LogP contribution in [0.1, 0.15) is 30.3 Å². The number of rotatable bonds is 3. The lowest BCUT2D eigenvalue weighted by Crippen LogP contribution is -2.22. The Morgan fingerprint density at radius 3 is 2.94 bits per heavy atom. The maximum absolute atomic E-state index is 5.39. The minimum Gasteiger partial charge on any atom is -0.501 e. The van der Waals surface area contributed by atoms with Gasteiger partial charge in [0.05, 0.1) is 24.6 Å². The minimum atomic E-state index is 0.181. The third-order valence-electron chi connectivity index (χ3n) is 2.83. The molecule has 2 rings (SSSR count). The van der Waals surface area contributed by atoms with E-state index in [0.717, 1.165) is 30.8 Å². The number of aromatic nitrogens is 1. The summed E-state index contributed by atoms with van der Waals surface area (Å²) < 4.78 is 5.39. The highest BCUT2D eigenvalue weighted by atomic mass is 16.5. The molecule has 3 nitrogen and oxygen atoms in total. The van der Waals surface area contributed by atoms with Crippen LogP contribution in [0.25, 0.3) is 0 Å². The minimum absolute atomic E-state index is 0.181. The van der Waals surface area contributed by atoms with Crippen LogP contribution < -0.4 is 5.32 Å². The van der Waals surface area contributed by atoms with Gasteiger partial charge in [0.15, 0.2) is 0 Å². The predicted octanol–water partition coefficient (Wildman–Crippen LogP) is 2.34. The zero-order chi connectivity index (χ0) is 11.4.